The minimum absolute atomic E-state index is 0.163. The number of halogens is 2. The van der Waals surface area contributed by atoms with Crippen LogP contribution in [0.1, 0.15) is 5.76 Å². The monoisotopic (exact) mass is 382 g/mol. The van der Waals surface area contributed by atoms with Crippen LogP contribution >= 0.6 is 31.9 Å². The molecule has 0 aromatic carbocycles. The maximum Gasteiger partial charge on any atom is 0.350 e. The van der Waals surface area contributed by atoms with E-state index in [0.29, 0.717) is 0 Å². The van der Waals surface area contributed by atoms with E-state index in [9.17, 15) is 14.4 Å². The lowest BCUT2D eigenvalue weighted by molar-refractivity contribution is -0.156. The summed E-state index contributed by atoms with van der Waals surface area (Å²) in [5.74, 6) is -2.14. The van der Waals surface area contributed by atoms with Gasteiger partial charge in [0, 0.05) is 0 Å². The molecule has 18 heavy (non-hydrogen) atoms. The summed E-state index contributed by atoms with van der Waals surface area (Å²) in [4.78, 5) is 34.7. The van der Waals surface area contributed by atoms with Crippen molar-refractivity contribution in [2.45, 2.75) is 4.32 Å². The Morgan fingerprint density at radius 3 is 2.11 bits per heavy atom. The van der Waals surface area contributed by atoms with Crippen molar-refractivity contribution in [2.75, 3.05) is 14.2 Å². The van der Waals surface area contributed by atoms with E-state index in [1.165, 1.54) is 12.1 Å². The molecule has 0 N–H and O–H groups in total. The summed E-state index contributed by atoms with van der Waals surface area (Å²) < 4.78 is 12.0. The lowest BCUT2D eigenvalue weighted by atomic mass is 10.1. The average molecular weight is 384 g/mol. The van der Waals surface area contributed by atoms with Crippen molar-refractivity contribution in [2.24, 2.45) is 0 Å². The van der Waals surface area contributed by atoms with E-state index < -0.39 is 21.9 Å². The maximum absolute atomic E-state index is 11.7. The zero-order valence-corrected chi connectivity index (χ0v) is 12.5. The van der Waals surface area contributed by atoms with Crippen molar-refractivity contribution in [3.8, 4) is 0 Å². The standard InChI is InChI=1S/C10H8Br2O6/c1-16-8(14)10(12,9(15)17-2)6-4-3-5(11)7(13)18-6/h3-4H,1-2H3. The van der Waals surface area contributed by atoms with Crippen molar-refractivity contribution in [3.63, 3.8) is 0 Å². The molecule has 1 aromatic heterocycles. The van der Waals surface area contributed by atoms with E-state index in [1.54, 1.807) is 0 Å². The summed E-state index contributed by atoms with van der Waals surface area (Å²) in [6, 6.07) is 2.64. The van der Waals surface area contributed by atoms with Gasteiger partial charge >= 0.3 is 17.6 Å². The van der Waals surface area contributed by atoms with Crippen molar-refractivity contribution >= 4 is 43.8 Å². The zero-order chi connectivity index (χ0) is 13.9. The fourth-order valence-electron chi connectivity index (χ4n) is 1.15. The number of hydrogen-bond acceptors (Lipinski definition) is 6. The van der Waals surface area contributed by atoms with Gasteiger partial charge in [-0.3, -0.25) is 0 Å². The van der Waals surface area contributed by atoms with Crippen LogP contribution in [0.3, 0.4) is 0 Å². The van der Waals surface area contributed by atoms with Crippen molar-refractivity contribution in [3.05, 3.63) is 32.8 Å². The van der Waals surface area contributed by atoms with E-state index in [2.05, 4.69) is 41.3 Å². The zero-order valence-electron chi connectivity index (χ0n) is 9.36. The lowest BCUT2D eigenvalue weighted by Crippen LogP contribution is -2.40. The molecule has 0 unspecified atom stereocenters. The molecular weight excluding hydrogens is 376 g/mol. The Hall–Kier alpha value is -1.15. The molecule has 0 aliphatic heterocycles. The van der Waals surface area contributed by atoms with E-state index in [1.807, 2.05) is 0 Å². The number of esters is 2. The molecule has 8 heteroatoms. The molecule has 0 saturated heterocycles. The van der Waals surface area contributed by atoms with Crippen molar-refractivity contribution in [1.82, 2.24) is 0 Å². The molecule has 1 aromatic rings. The van der Waals surface area contributed by atoms with Crippen LogP contribution in [0.5, 0.6) is 0 Å². The van der Waals surface area contributed by atoms with Crippen LogP contribution in [0.4, 0.5) is 0 Å². The Bertz CT molecular complexity index is 519. The second-order valence-corrected chi connectivity index (χ2v) is 5.12. The molecule has 0 saturated carbocycles. The SMILES string of the molecule is COC(=O)C(Br)(C(=O)OC)c1ccc(Br)c(=O)o1. The topological polar surface area (TPSA) is 82.8 Å². The van der Waals surface area contributed by atoms with E-state index >= 15 is 0 Å². The van der Waals surface area contributed by atoms with E-state index in [0.717, 1.165) is 14.2 Å². The third-order valence-electron chi connectivity index (χ3n) is 2.05. The molecule has 0 aliphatic rings. The summed E-state index contributed by atoms with van der Waals surface area (Å²) in [5, 5.41) is 0. The highest BCUT2D eigenvalue weighted by Crippen LogP contribution is 2.34. The van der Waals surface area contributed by atoms with Crippen molar-refractivity contribution in [1.29, 1.82) is 0 Å². The molecule has 98 valence electrons. The first-order valence-electron chi connectivity index (χ1n) is 4.53. The normalized spacial score (nSPS) is 10.9. The van der Waals surface area contributed by atoms with Gasteiger partial charge in [0.15, 0.2) is 0 Å². The summed E-state index contributed by atoms with van der Waals surface area (Å²) in [5.41, 5.74) is -0.732. The molecule has 0 aliphatic carbocycles. The number of carbonyl (C=O) groups is 2. The van der Waals surface area contributed by atoms with Crippen LogP contribution in [-0.2, 0) is 23.4 Å². The largest absolute Gasteiger partial charge is 0.467 e. The third-order valence-corrected chi connectivity index (χ3v) is 3.68. The van der Waals surface area contributed by atoms with Crippen LogP contribution in [-0.4, -0.2) is 26.2 Å². The fourth-order valence-corrected chi connectivity index (χ4v) is 1.90. The predicted molar refractivity (Wildman–Crippen MR) is 67.3 cm³/mol. The van der Waals surface area contributed by atoms with Gasteiger partial charge in [-0.25, -0.2) is 14.4 Å². The maximum atomic E-state index is 11.7. The molecule has 6 nitrogen and oxygen atoms in total. The Morgan fingerprint density at radius 2 is 1.72 bits per heavy atom. The smallest absolute Gasteiger partial charge is 0.350 e. The molecule has 0 amide bonds. The second kappa shape index (κ2) is 5.66. The Kier molecular flexibility index (Phi) is 4.69. The lowest BCUT2D eigenvalue weighted by Gasteiger charge is -2.20. The molecule has 1 heterocycles. The van der Waals surface area contributed by atoms with Gasteiger partial charge in [0.1, 0.15) is 10.2 Å². The molecule has 0 bridgehead atoms. The van der Waals surface area contributed by atoms with Crippen LogP contribution < -0.4 is 5.63 Å². The van der Waals surface area contributed by atoms with Crippen LogP contribution in [0.25, 0.3) is 0 Å². The Balaban J connectivity index is 3.44. The van der Waals surface area contributed by atoms with Crippen molar-refractivity contribution < 1.29 is 23.5 Å². The summed E-state index contributed by atoms with van der Waals surface area (Å²) in [7, 11) is 2.19. The Morgan fingerprint density at radius 1 is 1.22 bits per heavy atom. The molecule has 0 radical (unpaired) electrons. The predicted octanol–water partition coefficient (Wildman–Crippen LogP) is 1.34. The van der Waals surface area contributed by atoms with Crippen LogP contribution in [0, 0.1) is 0 Å². The minimum atomic E-state index is -2.00. The molecule has 1 rings (SSSR count). The van der Waals surface area contributed by atoms with Gasteiger partial charge in [-0.15, -0.1) is 0 Å². The molecule has 0 spiro atoms. The number of ether oxygens (including phenoxy) is 2. The number of rotatable bonds is 3. The fraction of sp³-hybridized carbons (Fsp3) is 0.300. The molecule has 0 fully saturated rings. The van der Waals surface area contributed by atoms with Gasteiger partial charge in [0.25, 0.3) is 4.32 Å². The first-order valence-corrected chi connectivity index (χ1v) is 6.12. The van der Waals surface area contributed by atoms with Gasteiger partial charge in [-0.2, -0.15) is 0 Å². The first kappa shape index (κ1) is 14.9. The van der Waals surface area contributed by atoms with Gasteiger partial charge < -0.3 is 13.9 Å². The molecule has 0 atom stereocenters. The Labute approximate surface area is 119 Å². The number of methoxy groups -OCH3 is 2. The van der Waals surface area contributed by atoms with E-state index in [4.69, 9.17) is 4.42 Å². The van der Waals surface area contributed by atoms with Gasteiger partial charge in [0.2, 0.25) is 0 Å². The quantitative estimate of drug-likeness (QED) is 0.445. The third kappa shape index (κ3) is 2.49. The second-order valence-electron chi connectivity index (χ2n) is 3.08. The number of carbonyl (C=O) groups excluding carboxylic acids is 2. The number of alkyl halides is 1. The summed E-state index contributed by atoms with van der Waals surface area (Å²) >= 11 is 5.86. The first-order chi connectivity index (χ1) is 8.37. The summed E-state index contributed by atoms with van der Waals surface area (Å²) in [6.45, 7) is 0. The highest BCUT2D eigenvalue weighted by atomic mass is 79.9. The molecular formula is C10H8Br2O6. The highest BCUT2D eigenvalue weighted by Gasteiger charge is 2.50. The minimum Gasteiger partial charge on any atom is -0.467 e. The van der Waals surface area contributed by atoms with Gasteiger partial charge in [-0.05, 0) is 28.1 Å². The van der Waals surface area contributed by atoms with Gasteiger partial charge in [0.05, 0.1) is 14.2 Å². The van der Waals surface area contributed by atoms with E-state index in [-0.39, 0.29) is 10.2 Å². The van der Waals surface area contributed by atoms with Crippen LogP contribution in [0.2, 0.25) is 0 Å². The number of hydrogen-bond donors (Lipinski definition) is 0. The average Bonchev–Trinajstić information content (AvgIpc) is 2.38. The van der Waals surface area contributed by atoms with Gasteiger partial charge in [-0.1, -0.05) is 15.9 Å². The van der Waals surface area contributed by atoms with Crippen LogP contribution in [0.15, 0.2) is 25.8 Å². The summed E-state index contributed by atoms with van der Waals surface area (Å²) in [6.07, 6.45) is 0. The highest BCUT2D eigenvalue weighted by molar-refractivity contribution is 9.10.